The first-order valence-electron chi connectivity index (χ1n) is 5.68. The van der Waals surface area contributed by atoms with Crippen LogP contribution in [-0.2, 0) is 6.54 Å². The van der Waals surface area contributed by atoms with Crippen molar-refractivity contribution in [3.05, 3.63) is 23.6 Å². The summed E-state index contributed by atoms with van der Waals surface area (Å²) in [6.07, 6.45) is 1.61. The Morgan fingerprint density at radius 1 is 1.50 bits per heavy atom. The van der Waals surface area contributed by atoms with Gasteiger partial charge in [-0.05, 0) is 18.9 Å². The first-order valence-corrected chi connectivity index (χ1v) is 5.68. The zero-order valence-corrected chi connectivity index (χ0v) is 10.2. The van der Waals surface area contributed by atoms with E-state index < -0.39 is 0 Å². The zero-order valence-electron chi connectivity index (χ0n) is 10.2. The van der Waals surface area contributed by atoms with Crippen molar-refractivity contribution in [1.82, 2.24) is 4.98 Å². The number of aromatic nitrogens is 1. The Labute approximate surface area is 96.5 Å². The fourth-order valence-corrected chi connectivity index (χ4v) is 1.66. The number of rotatable bonds is 5. The van der Waals surface area contributed by atoms with Crippen molar-refractivity contribution in [1.29, 1.82) is 0 Å². The lowest BCUT2D eigenvalue weighted by atomic mass is 10.2. The van der Waals surface area contributed by atoms with Gasteiger partial charge in [0.15, 0.2) is 11.6 Å². The monoisotopic (exact) mass is 225 g/mol. The number of nitrogens with two attached hydrogens (primary N) is 1. The molecular formula is C12H20FN3. The van der Waals surface area contributed by atoms with Gasteiger partial charge < -0.3 is 10.6 Å². The fraction of sp³-hybridized carbons (Fsp3) is 0.583. The zero-order chi connectivity index (χ0) is 12.1. The molecule has 3 nitrogen and oxygen atoms in total. The van der Waals surface area contributed by atoms with Crippen LogP contribution in [0.1, 0.15) is 26.3 Å². The highest BCUT2D eigenvalue weighted by Crippen LogP contribution is 2.19. The normalized spacial score (nSPS) is 10.9. The van der Waals surface area contributed by atoms with Gasteiger partial charge in [-0.25, -0.2) is 9.37 Å². The average Bonchev–Trinajstić information content (AvgIpc) is 2.26. The predicted molar refractivity (Wildman–Crippen MR) is 64.8 cm³/mol. The molecule has 0 radical (unpaired) electrons. The highest BCUT2D eigenvalue weighted by molar-refractivity contribution is 5.43. The lowest BCUT2D eigenvalue weighted by Gasteiger charge is -2.24. The number of nitrogens with zero attached hydrogens (tertiary/aromatic N) is 2. The van der Waals surface area contributed by atoms with E-state index in [-0.39, 0.29) is 12.4 Å². The van der Waals surface area contributed by atoms with Crippen LogP contribution in [0.4, 0.5) is 10.2 Å². The van der Waals surface area contributed by atoms with E-state index in [1.807, 2.05) is 11.8 Å². The fourth-order valence-electron chi connectivity index (χ4n) is 1.66. The molecule has 0 fully saturated rings. The molecule has 0 saturated heterocycles. The summed E-state index contributed by atoms with van der Waals surface area (Å²) in [5.41, 5.74) is 6.00. The van der Waals surface area contributed by atoms with Crippen LogP contribution in [0, 0.1) is 11.7 Å². The second kappa shape index (κ2) is 5.80. The van der Waals surface area contributed by atoms with E-state index in [4.69, 9.17) is 5.73 Å². The Balaban J connectivity index is 3.00. The van der Waals surface area contributed by atoms with E-state index >= 15 is 0 Å². The summed E-state index contributed by atoms with van der Waals surface area (Å²) in [5, 5.41) is 0. The van der Waals surface area contributed by atoms with Crippen LogP contribution in [0.3, 0.4) is 0 Å². The quantitative estimate of drug-likeness (QED) is 0.835. The third-order valence-electron chi connectivity index (χ3n) is 2.44. The van der Waals surface area contributed by atoms with Crippen LogP contribution in [0.15, 0.2) is 12.3 Å². The van der Waals surface area contributed by atoms with Crippen LogP contribution >= 0.6 is 0 Å². The average molecular weight is 225 g/mol. The van der Waals surface area contributed by atoms with Gasteiger partial charge in [-0.3, -0.25) is 0 Å². The smallest absolute Gasteiger partial charge is 0.170 e. The number of hydrogen-bond donors (Lipinski definition) is 1. The molecule has 0 aromatic carbocycles. The number of anilines is 1. The van der Waals surface area contributed by atoms with Crippen molar-refractivity contribution >= 4 is 5.82 Å². The van der Waals surface area contributed by atoms with E-state index in [0.717, 1.165) is 13.1 Å². The van der Waals surface area contributed by atoms with Crippen LogP contribution in [0.2, 0.25) is 0 Å². The SMILES string of the molecule is CCN(CC(C)C)c1nccc(CN)c1F. The summed E-state index contributed by atoms with van der Waals surface area (Å²) in [6.45, 7) is 7.96. The molecule has 0 aliphatic carbocycles. The summed E-state index contributed by atoms with van der Waals surface area (Å²) in [5.74, 6) is 0.606. The van der Waals surface area contributed by atoms with Gasteiger partial charge in [-0.1, -0.05) is 13.8 Å². The molecule has 0 bridgehead atoms. The van der Waals surface area contributed by atoms with Crippen LogP contribution in [0.25, 0.3) is 0 Å². The Morgan fingerprint density at radius 3 is 2.69 bits per heavy atom. The first kappa shape index (κ1) is 12.9. The van der Waals surface area contributed by atoms with E-state index in [1.165, 1.54) is 0 Å². The van der Waals surface area contributed by atoms with Gasteiger partial charge in [0.05, 0.1) is 0 Å². The summed E-state index contributed by atoms with van der Waals surface area (Å²) >= 11 is 0. The third-order valence-corrected chi connectivity index (χ3v) is 2.44. The molecule has 1 aromatic heterocycles. The van der Waals surface area contributed by atoms with Crippen molar-refractivity contribution in [2.45, 2.75) is 27.3 Å². The Hall–Kier alpha value is -1.16. The maximum absolute atomic E-state index is 14.0. The molecule has 16 heavy (non-hydrogen) atoms. The summed E-state index contributed by atoms with van der Waals surface area (Å²) < 4.78 is 14.0. The predicted octanol–water partition coefficient (Wildman–Crippen LogP) is 2.16. The Morgan fingerprint density at radius 2 is 2.19 bits per heavy atom. The molecular weight excluding hydrogens is 205 g/mol. The van der Waals surface area contributed by atoms with Crippen LogP contribution < -0.4 is 10.6 Å². The molecule has 2 N–H and O–H groups in total. The highest BCUT2D eigenvalue weighted by atomic mass is 19.1. The maximum atomic E-state index is 14.0. The molecule has 0 saturated carbocycles. The minimum atomic E-state index is -0.285. The van der Waals surface area contributed by atoms with Gasteiger partial charge in [-0.15, -0.1) is 0 Å². The van der Waals surface area contributed by atoms with Gasteiger partial charge in [0.25, 0.3) is 0 Å². The minimum Gasteiger partial charge on any atom is -0.354 e. The summed E-state index contributed by atoms with van der Waals surface area (Å²) in [7, 11) is 0. The largest absolute Gasteiger partial charge is 0.354 e. The molecule has 1 aromatic rings. The minimum absolute atomic E-state index is 0.209. The molecule has 90 valence electrons. The number of halogens is 1. The van der Waals surface area contributed by atoms with E-state index in [1.54, 1.807) is 12.3 Å². The standard InChI is InChI=1S/C12H20FN3/c1-4-16(8-9(2)3)12-11(13)10(7-14)5-6-15-12/h5-6,9H,4,7-8,14H2,1-3H3. The van der Waals surface area contributed by atoms with Crippen LogP contribution in [0.5, 0.6) is 0 Å². The second-order valence-electron chi connectivity index (χ2n) is 4.24. The first-order chi connectivity index (χ1) is 7.60. The van der Waals surface area contributed by atoms with Crippen LogP contribution in [-0.4, -0.2) is 18.1 Å². The molecule has 1 heterocycles. The number of hydrogen-bond acceptors (Lipinski definition) is 3. The van der Waals surface area contributed by atoms with Crippen molar-refractivity contribution in [3.63, 3.8) is 0 Å². The van der Waals surface area contributed by atoms with Crippen molar-refractivity contribution in [3.8, 4) is 0 Å². The molecule has 0 aliphatic heterocycles. The van der Waals surface area contributed by atoms with Gasteiger partial charge in [0, 0.05) is 31.4 Å². The van der Waals surface area contributed by atoms with Crippen molar-refractivity contribution in [2.24, 2.45) is 11.7 Å². The van der Waals surface area contributed by atoms with E-state index in [2.05, 4.69) is 18.8 Å². The number of pyridine rings is 1. The molecule has 4 heteroatoms. The van der Waals surface area contributed by atoms with Gasteiger partial charge in [-0.2, -0.15) is 0 Å². The maximum Gasteiger partial charge on any atom is 0.170 e. The lowest BCUT2D eigenvalue weighted by molar-refractivity contribution is 0.569. The molecule has 0 spiro atoms. The molecule has 1 rings (SSSR count). The van der Waals surface area contributed by atoms with Crippen molar-refractivity contribution in [2.75, 3.05) is 18.0 Å². The topological polar surface area (TPSA) is 42.2 Å². The molecule has 0 aliphatic rings. The molecule has 0 atom stereocenters. The summed E-state index contributed by atoms with van der Waals surface area (Å²) in [4.78, 5) is 6.05. The third kappa shape index (κ3) is 2.92. The lowest BCUT2D eigenvalue weighted by Crippen LogP contribution is -2.29. The summed E-state index contributed by atoms with van der Waals surface area (Å²) in [6, 6.07) is 1.63. The Bertz CT molecular complexity index is 339. The van der Waals surface area contributed by atoms with E-state index in [9.17, 15) is 4.39 Å². The van der Waals surface area contributed by atoms with Crippen molar-refractivity contribution < 1.29 is 4.39 Å². The van der Waals surface area contributed by atoms with Gasteiger partial charge in [0.1, 0.15) is 0 Å². The molecule has 0 amide bonds. The van der Waals surface area contributed by atoms with Gasteiger partial charge in [0.2, 0.25) is 0 Å². The van der Waals surface area contributed by atoms with Gasteiger partial charge >= 0.3 is 0 Å². The Kier molecular flexibility index (Phi) is 4.68. The highest BCUT2D eigenvalue weighted by Gasteiger charge is 2.15. The van der Waals surface area contributed by atoms with E-state index in [0.29, 0.717) is 17.3 Å². The second-order valence-corrected chi connectivity index (χ2v) is 4.24. The molecule has 0 unspecified atom stereocenters.